The van der Waals surface area contributed by atoms with E-state index in [-0.39, 0.29) is 11.9 Å². The predicted octanol–water partition coefficient (Wildman–Crippen LogP) is 3.03. The van der Waals surface area contributed by atoms with Crippen molar-refractivity contribution in [3.8, 4) is 0 Å². The molecule has 2 aromatic heterocycles. The lowest BCUT2D eigenvalue weighted by Crippen LogP contribution is -2.34. The molecule has 146 valence electrons. The van der Waals surface area contributed by atoms with E-state index in [4.69, 9.17) is 0 Å². The second-order valence-corrected chi connectivity index (χ2v) is 7.77. The fraction of sp³-hybridized carbons (Fsp3) is 0.650. The average Bonchev–Trinajstić information content (AvgIpc) is 3.44. The van der Waals surface area contributed by atoms with Crippen LogP contribution >= 0.6 is 0 Å². The minimum Gasteiger partial charge on any atom is -0.348 e. The monoisotopic (exact) mass is 370 g/mol. The summed E-state index contributed by atoms with van der Waals surface area (Å²) in [6.07, 6.45) is 12.0. The highest BCUT2D eigenvalue weighted by atomic mass is 16.2. The molecule has 1 aliphatic heterocycles. The first-order chi connectivity index (χ1) is 13.2. The van der Waals surface area contributed by atoms with Crippen molar-refractivity contribution in [2.45, 2.75) is 77.0 Å². The molecule has 1 saturated heterocycles. The van der Waals surface area contributed by atoms with Gasteiger partial charge in [-0.3, -0.25) is 14.8 Å². The number of hydrogen-bond donors (Lipinski definition) is 2. The van der Waals surface area contributed by atoms with Crippen LogP contribution < -0.4 is 5.32 Å². The number of nitrogens with zero attached hydrogens (tertiary/aromatic N) is 4. The number of nitrogens with one attached hydrogen (secondary N) is 2. The molecule has 1 amide bonds. The molecule has 2 aromatic rings. The van der Waals surface area contributed by atoms with Gasteiger partial charge in [-0.15, -0.1) is 0 Å². The molecule has 1 aliphatic carbocycles. The van der Waals surface area contributed by atoms with Gasteiger partial charge in [-0.25, -0.2) is 4.98 Å². The van der Waals surface area contributed by atoms with Crippen LogP contribution in [0.15, 0.2) is 18.5 Å². The van der Waals surface area contributed by atoms with Crippen LogP contribution in [0.1, 0.15) is 79.9 Å². The maximum absolute atomic E-state index is 12.5. The molecule has 0 aromatic carbocycles. The van der Waals surface area contributed by atoms with Gasteiger partial charge in [0, 0.05) is 25.0 Å². The number of H-pyrrole nitrogens is 1. The quantitative estimate of drug-likeness (QED) is 0.819. The molecule has 0 spiro atoms. The van der Waals surface area contributed by atoms with Crippen LogP contribution in [0.25, 0.3) is 0 Å². The third-order valence-electron chi connectivity index (χ3n) is 5.98. The lowest BCUT2D eigenvalue weighted by Gasteiger charge is -2.34. The van der Waals surface area contributed by atoms with Gasteiger partial charge in [-0.05, 0) is 45.2 Å². The number of piperidine rings is 1. The summed E-state index contributed by atoms with van der Waals surface area (Å²) in [4.78, 5) is 19.5. The molecule has 27 heavy (non-hydrogen) atoms. The van der Waals surface area contributed by atoms with E-state index < -0.39 is 0 Å². The molecule has 2 aliphatic rings. The van der Waals surface area contributed by atoms with Crippen LogP contribution in [0.3, 0.4) is 0 Å². The van der Waals surface area contributed by atoms with Crippen LogP contribution in [-0.2, 0) is 13.1 Å². The molecule has 7 heteroatoms. The second kappa shape index (κ2) is 8.25. The molecule has 4 rings (SSSR count). The number of imidazole rings is 1. The first-order valence-electron chi connectivity index (χ1n) is 10.3. The Kier molecular flexibility index (Phi) is 5.57. The lowest BCUT2D eigenvalue weighted by molar-refractivity contribution is 0.0932. The van der Waals surface area contributed by atoms with Gasteiger partial charge in [0.1, 0.15) is 11.5 Å². The molecular formula is C20H30N6O. The van der Waals surface area contributed by atoms with E-state index in [0.717, 1.165) is 50.4 Å². The van der Waals surface area contributed by atoms with Gasteiger partial charge in [0.25, 0.3) is 5.91 Å². The van der Waals surface area contributed by atoms with Gasteiger partial charge in [0.15, 0.2) is 0 Å². The second-order valence-electron chi connectivity index (χ2n) is 7.77. The Morgan fingerprint density at radius 1 is 1.26 bits per heavy atom. The summed E-state index contributed by atoms with van der Waals surface area (Å²) in [6.45, 7) is 4.95. The normalized spacial score (nSPS) is 21.6. The van der Waals surface area contributed by atoms with E-state index in [0.29, 0.717) is 11.7 Å². The van der Waals surface area contributed by atoms with Gasteiger partial charge >= 0.3 is 0 Å². The number of rotatable bonds is 6. The molecule has 2 fully saturated rings. The van der Waals surface area contributed by atoms with Gasteiger partial charge in [0.2, 0.25) is 0 Å². The summed E-state index contributed by atoms with van der Waals surface area (Å²) < 4.78 is 2.19. The maximum Gasteiger partial charge on any atom is 0.271 e. The summed E-state index contributed by atoms with van der Waals surface area (Å²) in [6, 6.07) is 2.53. The Bertz CT molecular complexity index is 760. The molecular weight excluding hydrogens is 340 g/mol. The third-order valence-corrected chi connectivity index (χ3v) is 5.98. The number of aromatic nitrogens is 4. The minimum atomic E-state index is -0.0479. The number of carbonyl (C=O) groups is 1. The molecule has 7 nitrogen and oxygen atoms in total. The van der Waals surface area contributed by atoms with E-state index in [1.54, 1.807) is 0 Å². The van der Waals surface area contributed by atoms with Crippen molar-refractivity contribution >= 4 is 5.91 Å². The van der Waals surface area contributed by atoms with E-state index in [1.165, 1.54) is 25.7 Å². The number of amides is 1. The van der Waals surface area contributed by atoms with Crippen molar-refractivity contribution in [1.82, 2.24) is 30.0 Å². The smallest absolute Gasteiger partial charge is 0.271 e. The highest BCUT2D eigenvalue weighted by Crippen LogP contribution is 2.31. The molecule has 0 radical (unpaired) electrons. The van der Waals surface area contributed by atoms with Crippen molar-refractivity contribution in [2.75, 3.05) is 6.54 Å². The topological polar surface area (TPSA) is 78.8 Å². The molecule has 0 bridgehead atoms. The van der Waals surface area contributed by atoms with Crippen LogP contribution in [0, 0.1) is 0 Å². The van der Waals surface area contributed by atoms with Crippen LogP contribution in [-0.4, -0.2) is 43.1 Å². The Balaban J connectivity index is 1.45. The van der Waals surface area contributed by atoms with E-state index in [2.05, 4.69) is 36.9 Å². The first-order valence-corrected chi connectivity index (χ1v) is 10.3. The number of carbonyl (C=O) groups excluding carboxylic acids is 1. The Hall–Kier alpha value is -2.15. The van der Waals surface area contributed by atoms with E-state index in [1.807, 2.05) is 18.5 Å². The molecule has 1 saturated carbocycles. The highest BCUT2D eigenvalue weighted by Gasteiger charge is 2.28. The Morgan fingerprint density at radius 2 is 2.07 bits per heavy atom. The standard InChI is InChI=1S/C20H30N6O/c1-2-25-12-10-21-19(25)14-26-11-6-5-9-18(26)16-13-17(24-23-16)20(27)22-15-7-3-4-8-15/h10,12-13,15,18H,2-9,11,14H2,1H3,(H,22,27)(H,23,24)/t18-/m0/s1. The number of aromatic amines is 1. The largest absolute Gasteiger partial charge is 0.348 e. The van der Waals surface area contributed by atoms with E-state index >= 15 is 0 Å². The van der Waals surface area contributed by atoms with Gasteiger partial charge in [-0.1, -0.05) is 19.3 Å². The van der Waals surface area contributed by atoms with Crippen LogP contribution in [0.4, 0.5) is 0 Å². The molecule has 3 heterocycles. The summed E-state index contributed by atoms with van der Waals surface area (Å²) in [5.74, 6) is 1.05. The van der Waals surface area contributed by atoms with Crippen LogP contribution in [0.2, 0.25) is 0 Å². The number of hydrogen-bond acceptors (Lipinski definition) is 4. The fourth-order valence-corrected chi connectivity index (χ4v) is 4.45. The molecule has 2 N–H and O–H groups in total. The zero-order valence-electron chi connectivity index (χ0n) is 16.2. The zero-order valence-corrected chi connectivity index (χ0v) is 16.2. The summed E-state index contributed by atoms with van der Waals surface area (Å²) in [5, 5.41) is 10.6. The molecule has 0 unspecified atom stereocenters. The summed E-state index contributed by atoms with van der Waals surface area (Å²) in [5.41, 5.74) is 1.55. The Morgan fingerprint density at radius 3 is 2.89 bits per heavy atom. The minimum absolute atomic E-state index is 0.0479. The van der Waals surface area contributed by atoms with Crippen molar-refractivity contribution in [2.24, 2.45) is 0 Å². The lowest BCUT2D eigenvalue weighted by atomic mass is 9.99. The van der Waals surface area contributed by atoms with Gasteiger partial charge in [0.05, 0.1) is 18.3 Å². The molecule has 1 atom stereocenters. The van der Waals surface area contributed by atoms with Gasteiger partial charge < -0.3 is 9.88 Å². The van der Waals surface area contributed by atoms with Crippen molar-refractivity contribution in [3.63, 3.8) is 0 Å². The number of aryl methyl sites for hydroxylation is 1. The Labute approximate surface area is 160 Å². The van der Waals surface area contributed by atoms with Crippen molar-refractivity contribution < 1.29 is 4.79 Å². The zero-order chi connectivity index (χ0) is 18.6. The summed E-state index contributed by atoms with van der Waals surface area (Å²) >= 11 is 0. The first kappa shape index (κ1) is 18.2. The average molecular weight is 371 g/mol. The highest BCUT2D eigenvalue weighted by molar-refractivity contribution is 5.92. The van der Waals surface area contributed by atoms with Crippen molar-refractivity contribution in [1.29, 1.82) is 0 Å². The van der Waals surface area contributed by atoms with Gasteiger partial charge in [-0.2, -0.15) is 5.10 Å². The third kappa shape index (κ3) is 4.08. The summed E-state index contributed by atoms with van der Waals surface area (Å²) in [7, 11) is 0. The number of likely N-dealkylation sites (tertiary alicyclic amines) is 1. The predicted molar refractivity (Wildman–Crippen MR) is 103 cm³/mol. The SMILES string of the molecule is CCn1ccnc1CN1CCCC[C@H]1c1cc(C(=O)NC2CCCC2)n[nH]1. The van der Waals surface area contributed by atoms with Crippen molar-refractivity contribution in [3.05, 3.63) is 35.7 Å². The maximum atomic E-state index is 12.5. The van der Waals surface area contributed by atoms with E-state index in [9.17, 15) is 4.79 Å². The fourth-order valence-electron chi connectivity index (χ4n) is 4.45. The van der Waals surface area contributed by atoms with Crippen LogP contribution in [0.5, 0.6) is 0 Å².